The summed E-state index contributed by atoms with van der Waals surface area (Å²) in [7, 11) is 1.35. The van der Waals surface area contributed by atoms with E-state index in [-0.39, 0.29) is 81.4 Å². The van der Waals surface area contributed by atoms with Crippen LogP contribution in [0.1, 0.15) is 56.4 Å². The third kappa shape index (κ3) is 23.0. The molecule has 6 aromatic heterocycles. The number of benzene rings is 2. The minimum absolute atomic E-state index is 0. The molecule has 2 amide bonds. The average molecular weight is 1060 g/mol. The Hall–Kier alpha value is -8.38. The molecule has 20 heteroatoms. The third-order valence-electron chi connectivity index (χ3n) is 11.4. The van der Waals surface area contributed by atoms with Gasteiger partial charge in [-0.25, -0.2) is 0 Å². The van der Waals surface area contributed by atoms with Gasteiger partial charge in [-0.3, -0.25) is 58.9 Å². The van der Waals surface area contributed by atoms with Crippen LogP contribution in [0, 0.1) is 0 Å². The van der Waals surface area contributed by atoms with Crippen LogP contribution in [0.15, 0.2) is 183 Å². The normalized spacial score (nSPS) is 10.6. The molecule has 79 heavy (non-hydrogen) atoms. The van der Waals surface area contributed by atoms with Crippen molar-refractivity contribution in [3.8, 4) is 0 Å². The van der Waals surface area contributed by atoms with Gasteiger partial charge in [0, 0.05) is 87.8 Å². The molecule has 0 fully saturated rings. The fourth-order valence-corrected chi connectivity index (χ4v) is 7.69. The number of aromatic nitrogens is 6. The summed E-state index contributed by atoms with van der Waals surface area (Å²) in [5.41, 5.74) is 10.2. The number of carboxylic acids is 1. The first kappa shape index (κ1) is 61.5. The number of anilines is 2. The number of esters is 1. The van der Waals surface area contributed by atoms with Crippen LogP contribution in [0.5, 0.6) is 0 Å². The average Bonchev–Trinajstić information content (AvgIpc) is 3.44. The largest absolute Gasteiger partial charge is 1.00 e. The SMILES string of the molecule is COC(=O)Cc1ccc(NC(=O)COCc2ccc(CN(Cc3ccccn3)Cc3ccccn3)nc2)cc1.O=C(O)Cc1ccc(NC(=O)COCc2ccc(CN(Cc3ccccn3)Cc3ccccn3)nc2)cc1.[Li+].[OH-]. The minimum atomic E-state index is -0.899. The molecule has 0 atom stereocenters. The van der Waals surface area contributed by atoms with Gasteiger partial charge in [0.2, 0.25) is 11.8 Å². The topological polar surface area (TPSA) is 254 Å². The molecule has 0 aliphatic carbocycles. The molecular formula is C59H61LiN10O9. The molecule has 0 aliphatic heterocycles. The van der Waals surface area contributed by atoms with Gasteiger partial charge in [-0.15, -0.1) is 0 Å². The van der Waals surface area contributed by atoms with Crippen LogP contribution in [0.25, 0.3) is 0 Å². The van der Waals surface area contributed by atoms with Gasteiger partial charge in [0.1, 0.15) is 13.2 Å². The molecule has 0 bridgehead atoms. The van der Waals surface area contributed by atoms with Gasteiger partial charge in [0.15, 0.2) is 0 Å². The van der Waals surface area contributed by atoms with E-state index in [1.165, 1.54) is 7.11 Å². The molecule has 0 radical (unpaired) electrons. The van der Waals surface area contributed by atoms with Crippen LogP contribution in [0.4, 0.5) is 11.4 Å². The Balaban J connectivity index is 0.000000284. The van der Waals surface area contributed by atoms with Crippen molar-refractivity contribution in [2.45, 2.75) is 65.3 Å². The van der Waals surface area contributed by atoms with Crippen molar-refractivity contribution >= 4 is 35.1 Å². The Kier molecular flexibility index (Phi) is 26.2. The first-order valence-electron chi connectivity index (χ1n) is 24.7. The van der Waals surface area contributed by atoms with Crippen molar-refractivity contribution in [2.24, 2.45) is 0 Å². The molecule has 8 rings (SSSR count). The van der Waals surface area contributed by atoms with Crippen LogP contribution in [0.2, 0.25) is 0 Å². The Bertz CT molecular complexity index is 2960. The molecule has 0 spiro atoms. The summed E-state index contributed by atoms with van der Waals surface area (Å²) < 4.78 is 15.8. The molecule has 6 heterocycles. The van der Waals surface area contributed by atoms with Gasteiger partial charge >= 0.3 is 30.8 Å². The molecule has 19 nitrogen and oxygen atoms in total. The van der Waals surface area contributed by atoms with E-state index in [9.17, 15) is 19.2 Å². The van der Waals surface area contributed by atoms with Gasteiger partial charge in [0.05, 0.1) is 67.3 Å². The van der Waals surface area contributed by atoms with Crippen molar-refractivity contribution in [3.05, 3.63) is 239 Å². The minimum Gasteiger partial charge on any atom is -0.870 e. The van der Waals surface area contributed by atoms with E-state index in [4.69, 9.17) is 14.6 Å². The molecule has 0 aliphatic rings. The molecule has 0 saturated carbocycles. The molecule has 402 valence electrons. The summed E-state index contributed by atoms with van der Waals surface area (Å²) in [5.74, 6) is -1.77. The Morgan fingerprint density at radius 3 is 1.06 bits per heavy atom. The maximum absolute atomic E-state index is 12.2. The first-order valence-corrected chi connectivity index (χ1v) is 24.7. The number of methoxy groups -OCH3 is 1. The summed E-state index contributed by atoms with van der Waals surface area (Å²) in [5, 5.41) is 14.4. The standard InChI is InChI=1S/C30H31N5O4.C29H29N5O4.Li.H2O/c1-38-30(37)16-23-8-11-25(12-9-23)34-29(36)22-39-21-24-10-13-28(33-17-24)20-35(18-26-6-2-4-14-31-26)19-27-7-3-5-15-32-27;35-28(33-24-10-7-22(8-11-24)15-29(36)37)21-38-20-23-9-12-27(32-16-23)19-34(17-25-5-1-3-13-30-25)18-26-6-2-4-14-31-26;;/h2-15,17H,16,18-22H2,1H3,(H,34,36);1-14,16H,15,17-21H2,(H,33,35)(H,36,37);;1H2/q;;+1;/p-1. The quantitative estimate of drug-likeness (QED) is 0.0494. The first-order chi connectivity index (χ1) is 37.6. The maximum Gasteiger partial charge on any atom is 1.00 e. The molecule has 4 N–H and O–H groups in total. The van der Waals surface area contributed by atoms with Gasteiger partial charge in [0.25, 0.3) is 0 Å². The number of nitrogens with one attached hydrogen (secondary N) is 2. The molecule has 0 unspecified atom stereocenters. The Morgan fingerprint density at radius 1 is 0.443 bits per heavy atom. The number of hydrogen-bond donors (Lipinski definition) is 3. The van der Waals surface area contributed by atoms with Crippen molar-refractivity contribution < 1.29 is 62.8 Å². The van der Waals surface area contributed by atoms with Crippen molar-refractivity contribution in [1.29, 1.82) is 0 Å². The summed E-state index contributed by atoms with van der Waals surface area (Å²) in [6, 6.07) is 45.1. The van der Waals surface area contributed by atoms with Crippen molar-refractivity contribution in [3.63, 3.8) is 0 Å². The second kappa shape index (κ2) is 33.7. The molecule has 8 aromatic rings. The van der Waals surface area contributed by atoms with Crippen LogP contribution in [-0.4, -0.2) is 94.4 Å². The predicted octanol–water partition coefficient (Wildman–Crippen LogP) is 4.63. The smallest absolute Gasteiger partial charge is 0.870 e. The maximum atomic E-state index is 12.2. The van der Waals surface area contributed by atoms with Crippen LogP contribution in [-0.2, 0) is 98.7 Å². The van der Waals surface area contributed by atoms with E-state index in [1.54, 1.807) is 85.7 Å². The fourth-order valence-electron chi connectivity index (χ4n) is 7.69. The number of pyridine rings is 6. The van der Waals surface area contributed by atoms with Crippen LogP contribution >= 0.6 is 0 Å². The zero-order valence-corrected chi connectivity index (χ0v) is 44.1. The van der Waals surface area contributed by atoms with Gasteiger partial charge in [-0.1, -0.05) is 60.7 Å². The van der Waals surface area contributed by atoms with Crippen LogP contribution < -0.4 is 29.5 Å². The van der Waals surface area contributed by atoms with Gasteiger partial charge in [-0.05, 0) is 107 Å². The third-order valence-corrected chi connectivity index (χ3v) is 11.4. The van der Waals surface area contributed by atoms with Crippen LogP contribution in [0.3, 0.4) is 0 Å². The van der Waals surface area contributed by atoms with Crippen molar-refractivity contribution in [2.75, 3.05) is 31.0 Å². The monoisotopic (exact) mass is 1060 g/mol. The van der Waals surface area contributed by atoms with E-state index in [2.05, 4.69) is 55.1 Å². The molecular weight excluding hydrogens is 1000 g/mol. The van der Waals surface area contributed by atoms with Gasteiger partial charge < -0.3 is 35.4 Å². The molecule has 2 aromatic carbocycles. The number of ether oxygens (including phenoxy) is 3. The number of nitrogens with zero attached hydrogens (tertiary/aromatic N) is 8. The van der Waals surface area contributed by atoms with E-state index in [0.29, 0.717) is 56.2 Å². The predicted molar refractivity (Wildman–Crippen MR) is 290 cm³/mol. The summed E-state index contributed by atoms with van der Waals surface area (Å²) in [6.45, 7) is 4.27. The van der Waals surface area contributed by atoms with E-state index in [0.717, 1.165) is 50.9 Å². The summed E-state index contributed by atoms with van der Waals surface area (Å²) >= 11 is 0. The second-order valence-corrected chi connectivity index (χ2v) is 17.7. The zero-order chi connectivity index (χ0) is 53.9. The van der Waals surface area contributed by atoms with E-state index in [1.807, 2.05) is 97.1 Å². The number of carboxylic acid groups (broad SMARTS) is 1. The number of aliphatic carboxylic acids is 1. The number of hydrogen-bond acceptors (Lipinski definition) is 16. The Morgan fingerprint density at radius 2 is 0.772 bits per heavy atom. The number of carbonyl (C=O) groups excluding carboxylic acids is 3. The Labute approximate surface area is 471 Å². The number of amides is 2. The van der Waals surface area contributed by atoms with E-state index < -0.39 is 5.97 Å². The second-order valence-electron chi connectivity index (χ2n) is 17.7. The van der Waals surface area contributed by atoms with Crippen molar-refractivity contribution in [1.82, 2.24) is 39.7 Å². The zero-order valence-electron chi connectivity index (χ0n) is 44.1. The number of carbonyl (C=O) groups is 4. The van der Waals surface area contributed by atoms with Gasteiger partial charge in [-0.2, -0.15) is 0 Å². The summed E-state index contributed by atoms with van der Waals surface area (Å²) in [4.78, 5) is 78.1. The number of rotatable bonds is 26. The van der Waals surface area contributed by atoms with E-state index >= 15 is 0 Å². The fraction of sp³-hybridized carbons (Fsp3) is 0.220. The summed E-state index contributed by atoms with van der Waals surface area (Å²) in [6.07, 6.45) is 10.8. The molecule has 0 saturated heterocycles.